The van der Waals surface area contributed by atoms with Crippen LogP contribution in [0.15, 0.2) is 35.6 Å². The quantitative estimate of drug-likeness (QED) is 0.398. The van der Waals surface area contributed by atoms with E-state index in [9.17, 15) is 4.79 Å². The molecular weight excluding hydrogens is 368 g/mol. The minimum atomic E-state index is 0.0892. The molecule has 0 atom stereocenters. The molecule has 28 heavy (non-hydrogen) atoms. The number of aromatic nitrogens is 3. The van der Waals surface area contributed by atoms with Gasteiger partial charge in [-0.05, 0) is 25.8 Å². The van der Waals surface area contributed by atoms with Gasteiger partial charge in [0.15, 0.2) is 10.9 Å². The summed E-state index contributed by atoms with van der Waals surface area (Å²) >= 11 is 1.50. The van der Waals surface area contributed by atoms with Crippen LogP contribution in [0.25, 0.3) is 10.9 Å². The molecule has 0 aliphatic carbocycles. The van der Waals surface area contributed by atoms with Crippen LogP contribution in [0.2, 0.25) is 0 Å². The van der Waals surface area contributed by atoms with Crippen molar-refractivity contribution in [2.24, 2.45) is 5.92 Å². The van der Waals surface area contributed by atoms with Crippen molar-refractivity contribution in [3.8, 4) is 6.07 Å². The number of nitriles is 1. The molecule has 0 aliphatic rings. The van der Waals surface area contributed by atoms with Crippen LogP contribution in [0.1, 0.15) is 42.0 Å². The van der Waals surface area contributed by atoms with E-state index in [4.69, 9.17) is 5.26 Å². The van der Waals surface area contributed by atoms with Gasteiger partial charge in [-0.2, -0.15) is 5.26 Å². The second kappa shape index (κ2) is 8.66. The van der Waals surface area contributed by atoms with Crippen LogP contribution < -0.4 is 0 Å². The third-order valence-corrected chi connectivity index (χ3v) is 5.83. The fourth-order valence-corrected chi connectivity index (χ4v) is 4.33. The largest absolute Gasteiger partial charge is 0.346 e. The van der Waals surface area contributed by atoms with E-state index in [1.54, 1.807) is 0 Å². The smallest absolute Gasteiger partial charge is 0.175 e. The molecule has 0 bridgehead atoms. The molecule has 0 saturated carbocycles. The average molecular weight is 395 g/mol. The van der Waals surface area contributed by atoms with Crippen LogP contribution in [-0.2, 0) is 13.1 Å². The van der Waals surface area contributed by atoms with Crippen LogP contribution >= 0.6 is 11.8 Å². The number of benzene rings is 1. The van der Waals surface area contributed by atoms with Gasteiger partial charge in [-0.15, -0.1) is 0 Å². The molecule has 2 heterocycles. The number of carbonyl (C=O) groups is 1. The maximum absolute atomic E-state index is 13.0. The van der Waals surface area contributed by atoms with Gasteiger partial charge < -0.3 is 9.13 Å². The van der Waals surface area contributed by atoms with Crippen molar-refractivity contribution in [3.63, 3.8) is 0 Å². The summed E-state index contributed by atoms with van der Waals surface area (Å²) in [7, 11) is 0. The van der Waals surface area contributed by atoms with Gasteiger partial charge in [-0.25, -0.2) is 4.98 Å². The molecule has 0 saturated heterocycles. The van der Waals surface area contributed by atoms with Gasteiger partial charge in [0.2, 0.25) is 0 Å². The highest BCUT2D eigenvalue weighted by molar-refractivity contribution is 7.99. The van der Waals surface area contributed by atoms with Crippen molar-refractivity contribution >= 4 is 28.4 Å². The zero-order valence-electron chi connectivity index (χ0n) is 16.9. The normalized spacial score (nSPS) is 11.3. The van der Waals surface area contributed by atoms with Crippen LogP contribution in [0, 0.1) is 31.1 Å². The predicted molar refractivity (Wildman–Crippen MR) is 114 cm³/mol. The van der Waals surface area contributed by atoms with Crippen LogP contribution in [0.5, 0.6) is 0 Å². The van der Waals surface area contributed by atoms with E-state index in [1.807, 2.05) is 42.0 Å². The first-order valence-electron chi connectivity index (χ1n) is 9.57. The number of carbonyl (C=O) groups excluding carboxylic acids is 1. The van der Waals surface area contributed by atoms with E-state index in [2.05, 4.69) is 36.4 Å². The third-order valence-electron chi connectivity index (χ3n) is 4.86. The number of rotatable bonds is 8. The molecule has 0 spiro atoms. The van der Waals surface area contributed by atoms with E-state index in [0.717, 1.165) is 39.6 Å². The van der Waals surface area contributed by atoms with Crippen molar-refractivity contribution in [1.82, 2.24) is 14.1 Å². The first-order chi connectivity index (χ1) is 13.4. The van der Waals surface area contributed by atoms with Crippen LogP contribution in [-0.4, -0.2) is 25.7 Å². The van der Waals surface area contributed by atoms with Crippen molar-refractivity contribution in [1.29, 1.82) is 5.26 Å². The second-order valence-corrected chi connectivity index (χ2v) is 8.39. The zero-order chi connectivity index (χ0) is 20.3. The molecule has 146 valence electrons. The summed E-state index contributed by atoms with van der Waals surface area (Å²) < 4.78 is 4.22. The lowest BCUT2D eigenvalue weighted by molar-refractivity contribution is 0.102. The molecule has 2 aromatic heterocycles. The van der Waals surface area contributed by atoms with Gasteiger partial charge in [0, 0.05) is 41.4 Å². The maximum atomic E-state index is 13.0. The molecule has 0 amide bonds. The number of aryl methyl sites for hydroxylation is 2. The van der Waals surface area contributed by atoms with Crippen molar-refractivity contribution < 1.29 is 4.79 Å². The summed E-state index contributed by atoms with van der Waals surface area (Å²) in [5, 5.41) is 10.8. The summed E-state index contributed by atoms with van der Waals surface area (Å²) in [4.78, 5) is 17.7. The van der Waals surface area contributed by atoms with E-state index in [1.165, 1.54) is 11.8 Å². The highest BCUT2D eigenvalue weighted by atomic mass is 32.2. The molecule has 6 heteroatoms. The molecule has 0 N–H and O–H groups in total. The van der Waals surface area contributed by atoms with Gasteiger partial charge in [0.1, 0.15) is 0 Å². The Labute approximate surface area is 170 Å². The zero-order valence-corrected chi connectivity index (χ0v) is 17.7. The summed E-state index contributed by atoms with van der Waals surface area (Å²) in [5.41, 5.74) is 3.90. The summed E-state index contributed by atoms with van der Waals surface area (Å²) in [5.74, 6) is 0.951. The minimum absolute atomic E-state index is 0.0892. The Morgan fingerprint density at radius 2 is 2.04 bits per heavy atom. The van der Waals surface area contributed by atoms with E-state index in [-0.39, 0.29) is 5.78 Å². The number of fused-ring (bicyclic) bond motifs is 1. The Morgan fingerprint density at radius 1 is 1.29 bits per heavy atom. The lowest BCUT2D eigenvalue weighted by atomic mass is 10.1. The number of ketones is 1. The fourth-order valence-electron chi connectivity index (χ4n) is 3.35. The summed E-state index contributed by atoms with van der Waals surface area (Å²) in [6.07, 6.45) is 2.31. The topological polar surface area (TPSA) is 63.6 Å². The Hall–Kier alpha value is -2.52. The lowest BCUT2D eigenvalue weighted by Crippen LogP contribution is -2.09. The molecule has 5 nitrogen and oxygen atoms in total. The van der Waals surface area contributed by atoms with Crippen LogP contribution in [0.3, 0.4) is 0 Å². The van der Waals surface area contributed by atoms with Gasteiger partial charge in [-0.3, -0.25) is 4.79 Å². The highest BCUT2D eigenvalue weighted by Gasteiger charge is 2.18. The Morgan fingerprint density at radius 3 is 2.75 bits per heavy atom. The third kappa shape index (κ3) is 4.15. The van der Waals surface area contributed by atoms with Crippen molar-refractivity contribution in [3.05, 3.63) is 47.4 Å². The second-order valence-electron chi connectivity index (χ2n) is 7.44. The van der Waals surface area contributed by atoms with E-state index < -0.39 is 0 Å². The molecular formula is C22H26N4OS. The lowest BCUT2D eigenvalue weighted by Gasteiger charge is -2.12. The van der Waals surface area contributed by atoms with Gasteiger partial charge in [0.25, 0.3) is 0 Å². The number of hydrogen-bond acceptors (Lipinski definition) is 4. The summed E-state index contributed by atoms with van der Waals surface area (Å²) in [6, 6.07) is 10.1. The number of imidazole rings is 1. The molecule has 0 unspecified atom stereocenters. The van der Waals surface area contributed by atoms with E-state index in [0.29, 0.717) is 24.6 Å². The minimum Gasteiger partial charge on any atom is -0.346 e. The molecule has 0 aliphatic heterocycles. The van der Waals surface area contributed by atoms with Gasteiger partial charge in [-0.1, -0.05) is 43.8 Å². The number of Topliss-reactive ketones (excluding diaryl/α,β-unsaturated/α-hetero) is 1. The molecule has 3 aromatic rings. The standard InChI is InChI=1S/C22H26N4OS/c1-15(2)12-26-17(4)16(3)24-22(26)28-14-21(27)19-13-25(11-7-10-23)20-9-6-5-8-18(19)20/h5-6,8-9,13,15H,7,11-12,14H2,1-4H3. The first kappa shape index (κ1) is 20.2. The molecule has 3 rings (SSSR count). The average Bonchev–Trinajstić information content (AvgIpc) is 3.17. The van der Waals surface area contributed by atoms with Crippen LogP contribution in [0.4, 0.5) is 0 Å². The number of hydrogen-bond donors (Lipinski definition) is 0. The van der Waals surface area contributed by atoms with Gasteiger partial charge in [0.05, 0.1) is 23.9 Å². The number of para-hydroxylation sites is 1. The summed E-state index contributed by atoms with van der Waals surface area (Å²) in [6.45, 7) is 9.96. The van der Waals surface area contributed by atoms with Gasteiger partial charge >= 0.3 is 0 Å². The SMILES string of the molecule is Cc1nc(SCC(=O)c2cn(CCC#N)c3ccccc23)n(CC(C)C)c1C. The Kier molecular flexibility index (Phi) is 6.25. The fraction of sp³-hybridized carbons (Fsp3) is 0.409. The number of thioether (sulfide) groups is 1. The number of nitrogens with zero attached hydrogens (tertiary/aromatic N) is 4. The first-order valence-corrected chi connectivity index (χ1v) is 10.6. The highest BCUT2D eigenvalue weighted by Crippen LogP contribution is 2.26. The monoisotopic (exact) mass is 394 g/mol. The van der Waals surface area contributed by atoms with Crippen molar-refractivity contribution in [2.75, 3.05) is 5.75 Å². The molecule has 1 aromatic carbocycles. The predicted octanol–water partition coefficient (Wildman–Crippen LogP) is 5.00. The maximum Gasteiger partial charge on any atom is 0.175 e. The Balaban J connectivity index is 1.83. The molecule has 0 radical (unpaired) electrons. The Bertz CT molecular complexity index is 1040. The van der Waals surface area contributed by atoms with E-state index >= 15 is 0 Å². The van der Waals surface area contributed by atoms with Crippen molar-refractivity contribution in [2.45, 2.75) is 52.4 Å². The molecule has 0 fully saturated rings.